The van der Waals surface area contributed by atoms with Gasteiger partial charge in [0.15, 0.2) is 12.6 Å². The molecule has 10 heteroatoms. The summed E-state index contributed by atoms with van der Waals surface area (Å²) in [6, 6.07) is 3.52. The first-order valence-corrected chi connectivity index (χ1v) is 9.90. The summed E-state index contributed by atoms with van der Waals surface area (Å²) >= 11 is 1.90. The van der Waals surface area contributed by atoms with Gasteiger partial charge in [-0.2, -0.15) is 24.9 Å². The second-order valence-electron chi connectivity index (χ2n) is 6.12. The van der Waals surface area contributed by atoms with Crippen molar-refractivity contribution in [1.82, 2.24) is 15.6 Å². The Morgan fingerprint density at radius 1 is 1.37 bits per heavy atom. The van der Waals surface area contributed by atoms with Crippen molar-refractivity contribution in [3.63, 3.8) is 0 Å². The van der Waals surface area contributed by atoms with Crippen LogP contribution in [0.25, 0.3) is 0 Å². The van der Waals surface area contributed by atoms with E-state index in [9.17, 15) is 13.2 Å². The molecule has 2 N–H and O–H groups in total. The average molecular weight is 518 g/mol. The molecule has 1 aliphatic rings. The number of guanidine groups is 1. The third kappa shape index (κ3) is 9.22. The van der Waals surface area contributed by atoms with Crippen LogP contribution in [0.1, 0.15) is 31.7 Å². The number of aliphatic imine (C=N–C) groups is 1. The molecule has 1 saturated carbocycles. The lowest BCUT2D eigenvalue weighted by atomic mass is 10.2. The van der Waals surface area contributed by atoms with Gasteiger partial charge in [0.1, 0.15) is 0 Å². The molecule has 1 fully saturated rings. The maximum atomic E-state index is 12.1. The monoisotopic (exact) mass is 518 g/mol. The highest BCUT2D eigenvalue weighted by atomic mass is 127. The van der Waals surface area contributed by atoms with Crippen LogP contribution >= 0.6 is 35.7 Å². The topological polar surface area (TPSA) is 58.5 Å². The van der Waals surface area contributed by atoms with Crippen LogP contribution < -0.4 is 15.4 Å². The number of nitrogens with one attached hydrogen (secondary N) is 2. The van der Waals surface area contributed by atoms with E-state index in [2.05, 4.69) is 31.6 Å². The number of nitrogens with zero attached hydrogens (tertiary/aromatic N) is 2. The molecule has 0 aliphatic heterocycles. The Bertz CT molecular complexity index is 587. The van der Waals surface area contributed by atoms with Gasteiger partial charge in [-0.05, 0) is 38.0 Å². The largest absolute Gasteiger partial charge is 0.468 e. The van der Waals surface area contributed by atoms with Crippen LogP contribution in [0.5, 0.6) is 5.88 Å². The number of hydrogen-bond acceptors (Lipinski definition) is 4. The van der Waals surface area contributed by atoms with Crippen molar-refractivity contribution in [2.24, 2.45) is 4.99 Å². The van der Waals surface area contributed by atoms with Gasteiger partial charge >= 0.3 is 6.18 Å². The first-order valence-electron chi connectivity index (χ1n) is 8.61. The van der Waals surface area contributed by atoms with Crippen molar-refractivity contribution in [3.8, 4) is 5.88 Å². The van der Waals surface area contributed by atoms with Crippen molar-refractivity contribution in [2.75, 3.05) is 19.4 Å². The fourth-order valence-corrected chi connectivity index (χ4v) is 3.51. The molecule has 2 rings (SSSR count). The highest BCUT2D eigenvalue weighted by Gasteiger charge is 2.28. The Morgan fingerprint density at radius 2 is 2.15 bits per heavy atom. The third-order valence-corrected chi connectivity index (χ3v) is 5.10. The minimum absolute atomic E-state index is 0. The molecule has 0 radical (unpaired) electrons. The van der Waals surface area contributed by atoms with E-state index in [0.717, 1.165) is 30.9 Å². The van der Waals surface area contributed by atoms with Gasteiger partial charge in [0.2, 0.25) is 5.88 Å². The molecule has 0 saturated heterocycles. The second-order valence-corrected chi connectivity index (χ2v) is 7.25. The quantitative estimate of drug-likeness (QED) is 0.325. The summed E-state index contributed by atoms with van der Waals surface area (Å²) in [4.78, 5) is 8.43. The third-order valence-electron chi connectivity index (χ3n) is 4.00. The number of rotatable bonds is 7. The molecule has 2 unspecified atom stereocenters. The lowest BCUT2D eigenvalue weighted by molar-refractivity contribution is -0.154. The lowest BCUT2D eigenvalue weighted by Crippen LogP contribution is -2.42. The first-order chi connectivity index (χ1) is 12.4. The van der Waals surface area contributed by atoms with E-state index >= 15 is 0 Å². The molecule has 27 heavy (non-hydrogen) atoms. The zero-order valence-electron chi connectivity index (χ0n) is 15.4. The molecule has 2 atom stereocenters. The summed E-state index contributed by atoms with van der Waals surface area (Å²) in [6.07, 6.45) is 2.72. The normalized spacial score (nSPS) is 20.1. The van der Waals surface area contributed by atoms with Crippen LogP contribution in [0.15, 0.2) is 23.3 Å². The lowest BCUT2D eigenvalue weighted by Gasteiger charge is -2.17. The van der Waals surface area contributed by atoms with Crippen molar-refractivity contribution in [1.29, 1.82) is 0 Å². The molecule has 0 aromatic carbocycles. The van der Waals surface area contributed by atoms with Crippen molar-refractivity contribution in [2.45, 2.75) is 50.2 Å². The van der Waals surface area contributed by atoms with E-state index < -0.39 is 12.8 Å². The number of halogens is 4. The summed E-state index contributed by atoms with van der Waals surface area (Å²) in [5.41, 5.74) is 0.801. The smallest absolute Gasteiger partial charge is 0.422 e. The number of alkyl halides is 3. The zero-order chi connectivity index (χ0) is 19.0. The Balaban J connectivity index is 0.00000364. The Hall–Kier alpha value is -0.910. The van der Waals surface area contributed by atoms with Crippen LogP contribution in [0.2, 0.25) is 0 Å². The highest BCUT2D eigenvalue weighted by molar-refractivity contribution is 14.0. The van der Waals surface area contributed by atoms with E-state index in [1.165, 1.54) is 18.7 Å². The average Bonchev–Trinajstić information content (AvgIpc) is 3.06. The summed E-state index contributed by atoms with van der Waals surface area (Å²) in [7, 11) is 0. The van der Waals surface area contributed by atoms with Gasteiger partial charge in [0.05, 0.1) is 6.54 Å². The molecule has 1 aromatic rings. The molecular formula is C17H26F3IN4OS. The zero-order valence-corrected chi connectivity index (χ0v) is 18.5. The molecule has 5 nitrogen and oxygen atoms in total. The van der Waals surface area contributed by atoms with Crippen molar-refractivity contribution < 1.29 is 17.9 Å². The molecule has 1 heterocycles. The van der Waals surface area contributed by atoms with Gasteiger partial charge in [0.25, 0.3) is 0 Å². The van der Waals surface area contributed by atoms with Crippen LogP contribution in [-0.2, 0) is 6.54 Å². The van der Waals surface area contributed by atoms with Crippen LogP contribution in [0, 0.1) is 0 Å². The van der Waals surface area contributed by atoms with Crippen molar-refractivity contribution in [3.05, 3.63) is 23.9 Å². The van der Waals surface area contributed by atoms with Gasteiger partial charge in [-0.3, -0.25) is 0 Å². The number of hydrogen-bond donors (Lipinski definition) is 2. The molecule has 0 amide bonds. The van der Waals surface area contributed by atoms with E-state index in [0.29, 0.717) is 17.8 Å². The van der Waals surface area contributed by atoms with Gasteiger partial charge in [-0.1, -0.05) is 6.07 Å². The van der Waals surface area contributed by atoms with E-state index in [1.54, 1.807) is 6.07 Å². The van der Waals surface area contributed by atoms with E-state index in [4.69, 9.17) is 0 Å². The molecule has 1 aromatic heterocycles. The summed E-state index contributed by atoms with van der Waals surface area (Å²) in [6.45, 7) is 1.81. The van der Waals surface area contributed by atoms with Gasteiger partial charge in [-0.15, -0.1) is 24.0 Å². The predicted molar refractivity (Wildman–Crippen MR) is 114 cm³/mol. The minimum Gasteiger partial charge on any atom is -0.468 e. The van der Waals surface area contributed by atoms with E-state index in [-0.39, 0.29) is 29.9 Å². The highest BCUT2D eigenvalue weighted by Crippen LogP contribution is 2.28. The fraction of sp³-hybridized carbons (Fsp3) is 0.647. The van der Waals surface area contributed by atoms with E-state index in [1.807, 2.05) is 18.7 Å². The maximum absolute atomic E-state index is 12.1. The fourth-order valence-electron chi connectivity index (χ4n) is 2.71. The van der Waals surface area contributed by atoms with Crippen LogP contribution in [0.4, 0.5) is 13.2 Å². The second kappa shape index (κ2) is 11.8. The van der Waals surface area contributed by atoms with Crippen LogP contribution in [0.3, 0.4) is 0 Å². The first kappa shape index (κ1) is 24.1. The number of ether oxygens (including phenoxy) is 1. The number of thioether (sulfide) groups is 1. The van der Waals surface area contributed by atoms with Crippen LogP contribution in [-0.4, -0.2) is 47.8 Å². The molecule has 0 spiro atoms. The molecular weight excluding hydrogens is 492 g/mol. The number of aromatic nitrogens is 1. The molecule has 1 aliphatic carbocycles. The maximum Gasteiger partial charge on any atom is 0.422 e. The SMILES string of the molecule is CCNC(=NCc1ccc(OCC(F)(F)F)nc1)NC1CCC(SC)C1.I. The summed E-state index contributed by atoms with van der Waals surface area (Å²) < 4.78 is 41.0. The molecule has 154 valence electrons. The Labute approximate surface area is 179 Å². The standard InChI is InChI=1S/C17H25F3N4OS.HI/c1-3-21-16(24-13-5-6-14(8-13)26-2)23-10-12-4-7-15(22-9-12)25-11-17(18,19)20;/h4,7,9,13-14H,3,5-6,8,10-11H2,1-2H3,(H2,21,23,24);1H. The minimum atomic E-state index is -4.37. The number of pyridine rings is 1. The van der Waals surface area contributed by atoms with Gasteiger partial charge in [0, 0.05) is 30.1 Å². The Morgan fingerprint density at radius 3 is 2.70 bits per heavy atom. The Kier molecular flexibility index (Phi) is 10.6. The van der Waals surface area contributed by atoms with Gasteiger partial charge in [-0.25, -0.2) is 9.98 Å². The molecule has 0 bridgehead atoms. The predicted octanol–water partition coefficient (Wildman–Crippen LogP) is 3.98. The van der Waals surface area contributed by atoms with Crippen molar-refractivity contribution >= 4 is 41.7 Å². The summed E-state index contributed by atoms with van der Waals surface area (Å²) in [5, 5.41) is 7.38. The van der Waals surface area contributed by atoms with Gasteiger partial charge < -0.3 is 15.4 Å². The summed E-state index contributed by atoms with van der Waals surface area (Å²) in [5.74, 6) is 0.700.